The van der Waals surface area contributed by atoms with E-state index in [1.165, 1.54) is 0 Å². The molecule has 0 aliphatic heterocycles. The molecule has 0 unspecified atom stereocenters. The van der Waals surface area contributed by atoms with Gasteiger partial charge in [0.2, 0.25) is 0 Å². The fraction of sp³-hybridized carbons (Fsp3) is 0.176. The van der Waals surface area contributed by atoms with Crippen LogP contribution in [0.1, 0.15) is 27.4 Å². The van der Waals surface area contributed by atoms with Crippen molar-refractivity contribution in [2.75, 3.05) is 0 Å². The van der Waals surface area contributed by atoms with Gasteiger partial charge in [0.1, 0.15) is 11.3 Å². The number of rotatable bonds is 4. The third-order valence-electron chi connectivity index (χ3n) is 3.50. The molecule has 6 nitrogen and oxygen atoms in total. The number of pyridine rings is 2. The maximum atomic E-state index is 12.2. The summed E-state index contributed by atoms with van der Waals surface area (Å²) in [5.74, 6) is 0.326. The first-order valence-electron chi connectivity index (χ1n) is 7.21. The fourth-order valence-corrected chi connectivity index (χ4v) is 2.33. The number of aryl methyl sites for hydroxylation is 2. The molecule has 3 aromatic heterocycles. The lowest BCUT2D eigenvalue weighted by Gasteiger charge is -2.07. The molecule has 0 spiro atoms. The lowest BCUT2D eigenvalue weighted by Crippen LogP contribution is -2.23. The third-order valence-corrected chi connectivity index (χ3v) is 3.50. The van der Waals surface area contributed by atoms with Crippen LogP contribution in [0.15, 0.2) is 47.4 Å². The summed E-state index contributed by atoms with van der Waals surface area (Å²) in [4.78, 5) is 20.7. The zero-order chi connectivity index (χ0) is 16.2. The van der Waals surface area contributed by atoms with Gasteiger partial charge in [-0.25, -0.2) is 0 Å². The van der Waals surface area contributed by atoms with Crippen LogP contribution in [0.5, 0.6) is 0 Å². The van der Waals surface area contributed by atoms with Gasteiger partial charge in [-0.05, 0) is 43.7 Å². The highest BCUT2D eigenvalue weighted by Gasteiger charge is 2.17. The Morgan fingerprint density at radius 3 is 2.83 bits per heavy atom. The standard InChI is InChI=1S/C17H16N4O2/c1-11-16(12(2)23-21-11)17(22)20-9-13-5-7-19-15(8-13)14-4-3-6-18-10-14/h3-8,10H,9H2,1-2H3,(H,20,22). The molecule has 3 heterocycles. The Hall–Kier alpha value is -3.02. The topological polar surface area (TPSA) is 80.9 Å². The molecule has 1 N–H and O–H groups in total. The van der Waals surface area contributed by atoms with E-state index in [4.69, 9.17) is 4.52 Å². The van der Waals surface area contributed by atoms with Crippen molar-refractivity contribution in [3.63, 3.8) is 0 Å². The zero-order valence-corrected chi connectivity index (χ0v) is 12.9. The quantitative estimate of drug-likeness (QED) is 0.801. The van der Waals surface area contributed by atoms with Gasteiger partial charge in [0, 0.05) is 30.7 Å². The maximum Gasteiger partial charge on any atom is 0.257 e. The molecule has 0 radical (unpaired) electrons. The Morgan fingerprint density at radius 1 is 1.26 bits per heavy atom. The number of aromatic nitrogens is 3. The van der Waals surface area contributed by atoms with E-state index in [2.05, 4.69) is 20.4 Å². The van der Waals surface area contributed by atoms with Gasteiger partial charge in [-0.15, -0.1) is 0 Å². The Balaban J connectivity index is 1.73. The molecule has 0 aliphatic carbocycles. The van der Waals surface area contributed by atoms with Crippen LogP contribution in [0, 0.1) is 13.8 Å². The van der Waals surface area contributed by atoms with E-state index in [0.29, 0.717) is 23.6 Å². The van der Waals surface area contributed by atoms with Gasteiger partial charge in [0.15, 0.2) is 0 Å². The molecule has 0 aromatic carbocycles. The van der Waals surface area contributed by atoms with E-state index in [-0.39, 0.29) is 5.91 Å². The molecule has 0 fully saturated rings. The van der Waals surface area contributed by atoms with Gasteiger partial charge in [0.25, 0.3) is 5.91 Å². The van der Waals surface area contributed by atoms with E-state index in [1.54, 1.807) is 32.4 Å². The first-order chi connectivity index (χ1) is 11.1. The summed E-state index contributed by atoms with van der Waals surface area (Å²) in [6.45, 7) is 3.87. The number of hydrogen-bond donors (Lipinski definition) is 1. The number of carbonyl (C=O) groups is 1. The first kappa shape index (κ1) is 14.9. The molecule has 23 heavy (non-hydrogen) atoms. The molecular formula is C17H16N4O2. The number of hydrogen-bond acceptors (Lipinski definition) is 5. The van der Waals surface area contributed by atoms with Crippen molar-refractivity contribution in [1.29, 1.82) is 0 Å². The van der Waals surface area contributed by atoms with E-state index < -0.39 is 0 Å². The van der Waals surface area contributed by atoms with Gasteiger partial charge >= 0.3 is 0 Å². The number of nitrogens with zero attached hydrogens (tertiary/aromatic N) is 3. The Kier molecular flexibility index (Phi) is 4.14. The van der Waals surface area contributed by atoms with Crippen LogP contribution in [0.25, 0.3) is 11.3 Å². The normalized spacial score (nSPS) is 10.5. The Bertz CT molecular complexity index is 808. The molecule has 0 saturated heterocycles. The molecule has 3 rings (SSSR count). The van der Waals surface area contributed by atoms with Crippen LogP contribution in [0.2, 0.25) is 0 Å². The summed E-state index contributed by atoms with van der Waals surface area (Å²) in [6.07, 6.45) is 5.20. The minimum Gasteiger partial charge on any atom is -0.361 e. The van der Waals surface area contributed by atoms with Gasteiger partial charge in [0.05, 0.1) is 11.4 Å². The second kappa shape index (κ2) is 6.39. The van der Waals surface area contributed by atoms with Crippen molar-refractivity contribution in [2.45, 2.75) is 20.4 Å². The predicted molar refractivity (Wildman–Crippen MR) is 84.6 cm³/mol. The molecule has 0 bridgehead atoms. The maximum absolute atomic E-state index is 12.2. The Morgan fingerprint density at radius 2 is 2.13 bits per heavy atom. The number of carbonyl (C=O) groups excluding carboxylic acids is 1. The molecule has 0 saturated carbocycles. The summed E-state index contributed by atoms with van der Waals surface area (Å²) in [5.41, 5.74) is 3.80. The fourth-order valence-electron chi connectivity index (χ4n) is 2.33. The number of amides is 1. The van der Waals surface area contributed by atoms with Crippen LogP contribution in [0.3, 0.4) is 0 Å². The summed E-state index contributed by atoms with van der Waals surface area (Å²) in [6, 6.07) is 7.61. The summed E-state index contributed by atoms with van der Waals surface area (Å²) >= 11 is 0. The predicted octanol–water partition coefficient (Wildman–Crippen LogP) is 2.68. The number of nitrogens with one attached hydrogen (secondary N) is 1. The van der Waals surface area contributed by atoms with Crippen molar-refractivity contribution in [3.05, 3.63) is 65.4 Å². The van der Waals surface area contributed by atoms with E-state index in [1.807, 2.05) is 24.3 Å². The minimum atomic E-state index is -0.194. The zero-order valence-electron chi connectivity index (χ0n) is 12.9. The van der Waals surface area contributed by atoms with Gasteiger partial charge in [-0.1, -0.05) is 5.16 Å². The van der Waals surface area contributed by atoms with Crippen molar-refractivity contribution < 1.29 is 9.32 Å². The summed E-state index contributed by atoms with van der Waals surface area (Å²) in [7, 11) is 0. The highest BCUT2D eigenvalue weighted by atomic mass is 16.5. The van der Waals surface area contributed by atoms with Gasteiger partial charge in [-0.2, -0.15) is 0 Å². The smallest absolute Gasteiger partial charge is 0.257 e. The van der Waals surface area contributed by atoms with Crippen LogP contribution < -0.4 is 5.32 Å². The molecule has 0 atom stereocenters. The average Bonchev–Trinajstić information content (AvgIpc) is 2.92. The van der Waals surface area contributed by atoms with Gasteiger partial charge < -0.3 is 9.84 Å². The SMILES string of the molecule is Cc1noc(C)c1C(=O)NCc1ccnc(-c2cccnc2)c1. The van der Waals surface area contributed by atoms with Gasteiger partial charge in [-0.3, -0.25) is 14.8 Å². The van der Waals surface area contributed by atoms with Crippen molar-refractivity contribution in [2.24, 2.45) is 0 Å². The van der Waals surface area contributed by atoms with Crippen molar-refractivity contribution in [3.8, 4) is 11.3 Å². The molecule has 116 valence electrons. The molecule has 0 aliphatic rings. The second-order valence-corrected chi connectivity index (χ2v) is 5.17. The summed E-state index contributed by atoms with van der Waals surface area (Å²) in [5, 5.41) is 6.67. The minimum absolute atomic E-state index is 0.194. The lowest BCUT2D eigenvalue weighted by atomic mass is 10.1. The lowest BCUT2D eigenvalue weighted by molar-refractivity contribution is 0.0949. The van der Waals surface area contributed by atoms with Crippen LogP contribution >= 0.6 is 0 Å². The van der Waals surface area contributed by atoms with Crippen LogP contribution in [-0.2, 0) is 6.54 Å². The van der Waals surface area contributed by atoms with Crippen LogP contribution in [-0.4, -0.2) is 21.0 Å². The summed E-state index contributed by atoms with van der Waals surface area (Å²) < 4.78 is 5.02. The molecule has 3 aromatic rings. The van der Waals surface area contributed by atoms with Crippen molar-refractivity contribution in [1.82, 2.24) is 20.4 Å². The average molecular weight is 308 g/mol. The molecule has 6 heteroatoms. The largest absolute Gasteiger partial charge is 0.361 e. The first-order valence-corrected chi connectivity index (χ1v) is 7.21. The highest BCUT2D eigenvalue weighted by molar-refractivity contribution is 5.96. The van der Waals surface area contributed by atoms with E-state index >= 15 is 0 Å². The Labute approximate surface area is 133 Å². The molecular weight excluding hydrogens is 292 g/mol. The van der Waals surface area contributed by atoms with E-state index in [9.17, 15) is 4.79 Å². The highest BCUT2D eigenvalue weighted by Crippen LogP contribution is 2.16. The van der Waals surface area contributed by atoms with Crippen LogP contribution in [0.4, 0.5) is 0 Å². The van der Waals surface area contributed by atoms with E-state index in [0.717, 1.165) is 16.8 Å². The second-order valence-electron chi connectivity index (χ2n) is 5.17. The molecule has 1 amide bonds. The monoisotopic (exact) mass is 308 g/mol. The van der Waals surface area contributed by atoms with Crippen molar-refractivity contribution >= 4 is 5.91 Å². The third kappa shape index (κ3) is 3.26.